The van der Waals surface area contributed by atoms with Crippen LogP contribution in [0.5, 0.6) is 5.75 Å². The lowest BCUT2D eigenvalue weighted by atomic mass is 10.00. The zero-order valence-corrected chi connectivity index (χ0v) is 12.6. The summed E-state index contributed by atoms with van der Waals surface area (Å²) in [7, 11) is 1.77. The van der Waals surface area contributed by atoms with E-state index in [4.69, 9.17) is 9.47 Å². The van der Waals surface area contributed by atoms with E-state index < -0.39 is 0 Å². The summed E-state index contributed by atoms with van der Waals surface area (Å²) in [4.78, 5) is 0. The molecule has 1 aromatic rings. The van der Waals surface area contributed by atoms with Gasteiger partial charge in [-0.25, -0.2) is 0 Å². The summed E-state index contributed by atoms with van der Waals surface area (Å²) in [6, 6.07) is 8.77. The summed E-state index contributed by atoms with van der Waals surface area (Å²) in [6.45, 7) is 7.94. The smallest absolute Gasteiger partial charge is 0.119 e. The third-order valence-electron chi connectivity index (χ3n) is 3.31. The highest BCUT2D eigenvalue weighted by molar-refractivity contribution is 5.29. The van der Waals surface area contributed by atoms with E-state index >= 15 is 0 Å². The Labute approximate surface area is 117 Å². The van der Waals surface area contributed by atoms with Gasteiger partial charge in [-0.05, 0) is 50.9 Å². The predicted octanol–water partition coefficient (Wildman–Crippen LogP) is 3.55. The molecule has 0 aliphatic carbocycles. The van der Waals surface area contributed by atoms with Crippen LogP contribution >= 0.6 is 0 Å². The molecule has 1 rings (SSSR count). The Morgan fingerprint density at radius 3 is 2.32 bits per heavy atom. The highest BCUT2D eigenvalue weighted by atomic mass is 16.5. The molecular weight excluding hydrogens is 238 g/mol. The Bertz CT molecular complexity index is 337. The summed E-state index contributed by atoms with van der Waals surface area (Å²) >= 11 is 0. The second kappa shape index (κ2) is 8.94. The molecule has 0 heterocycles. The number of ether oxygens (including phenoxy) is 2. The number of benzene rings is 1. The molecule has 0 bridgehead atoms. The first-order chi connectivity index (χ1) is 9.21. The van der Waals surface area contributed by atoms with E-state index in [-0.39, 0.29) is 0 Å². The van der Waals surface area contributed by atoms with E-state index in [1.807, 2.05) is 19.1 Å². The quantitative estimate of drug-likeness (QED) is 0.740. The van der Waals surface area contributed by atoms with E-state index in [1.165, 1.54) is 5.56 Å². The van der Waals surface area contributed by atoms with Crippen molar-refractivity contribution >= 4 is 0 Å². The van der Waals surface area contributed by atoms with Gasteiger partial charge in [-0.2, -0.15) is 0 Å². The monoisotopic (exact) mass is 265 g/mol. The van der Waals surface area contributed by atoms with E-state index in [2.05, 4.69) is 31.3 Å². The van der Waals surface area contributed by atoms with Gasteiger partial charge < -0.3 is 14.8 Å². The fraction of sp³-hybridized carbons (Fsp3) is 0.625. The number of hydrogen-bond donors (Lipinski definition) is 1. The standard InChI is InChI=1S/C16H27NO2/c1-5-17-16(12-7-13(3)18-4)14-8-10-15(11-9-14)19-6-2/h8-11,13,16-17H,5-7,12H2,1-4H3. The van der Waals surface area contributed by atoms with Crippen molar-refractivity contribution in [3.8, 4) is 5.75 Å². The van der Waals surface area contributed by atoms with Gasteiger partial charge in [0.15, 0.2) is 0 Å². The molecule has 3 heteroatoms. The highest BCUT2D eigenvalue weighted by Crippen LogP contribution is 2.22. The molecule has 0 saturated carbocycles. The van der Waals surface area contributed by atoms with Crippen molar-refractivity contribution in [3.05, 3.63) is 29.8 Å². The first-order valence-corrected chi connectivity index (χ1v) is 7.20. The fourth-order valence-corrected chi connectivity index (χ4v) is 2.12. The summed E-state index contributed by atoms with van der Waals surface area (Å²) in [6.07, 6.45) is 2.45. The Hall–Kier alpha value is -1.06. The highest BCUT2D eigenvalue weighted by Gasteiger charge is 2.12. The third-order valence-corrected chi connectivity index (χ3v) is 3.31. The number of nitrogens with one attached hydrogen (secondary N) is 1. The van der Waals surface area contributed by atoms with Crippen LogP contribution < -0.4 is 10.1 Å². The Morgan fingerprint density at radius 2 is 1.79 bits per heavy atom. The van der Waals surface area contributed by atoms with Crippen LogP contribution in [0.1, 0.15) is 45.2 Å². The Balaban J connectivity index is 2.63. The van der Waals surface area contributed by atoms with E-state index in [0.717, 1.165) is 25.1 Å². The van der Waals surface area contributed by atoms with Gasteiger partial charge >= 0.3 is 0 Å². The van der Waals surface area contributed by atoms with Gasteiger partial charge in [0.25, 0.3) is 0 Å². The maximum absolute atomic E-state index is 5.48. The molecule has 0 aliphatic rings. The lowest BCUT2D eigenvalue weighted by molar-refractivity contribution is 0.106. The molecule has 1 aromatic carbocycles. The Kier molecular flexibility index (Phi) is 7.53. The number of rotatable bonds is 9. The van der Waals surface area contributed by atoms with Crippen LogP contribution in [0.25, 0.3) is 0 Å². The zero-order valence-electron chi connectivity index (χ0n) is 12.6. The topological polar surface area (TPSA) is 30.5 Å². The van der Waals surface area contributed by atoms with Crippen molar-refractivity contribution in [2.24, 2.45) is 0 Å². The Morgan fingerprint density at radius 1 is 1.11 bits per heavy atom. The van der Waals surface area contributed by atoms with Gasteiger partial charge in [0, 0.05) is 13.2 Å². The molecule has 0 radical (unpaired) electrons. The van der Waals surface area contributed by atoms with E-state index in [1.54, 1.807) is 7.11 Å². The van der Waals surface area contributed by atoms with E-state index in [9.17, 15) is 0 Å². The minimum absolute atomic E-state index is 0.309. The molecule has 2 unspecified atom stereocenters. The average Bonchev–Trinajstić information content (AvgIpc) is 2.44. The summed E-state index contributed by atoms with van der Waals surface area (Å²) in [5.41, 5.74) is 1.31. The maximum atomic E-state index is 5.48. The van der Waals surface area contributed by atoms with Crippen molar-refractivity contribution in [2.75, 3.05) is 20.3 Å². The van der Waals surface area contributed by atoms with Gasteiger partial charge in [-0.3, -0.25) is 0 Å². The molecule has 108 valence electrons. The lowest BCUT2D eigenvalue weighted by Gasteiger charge is -2.20. The van der Waals surface area contributed by atoms with Crippen LogP contribution in [0.3, 0.4) is 0 Å². The van der Waals surface area contributed by atoms with Crippen molar-refractivity contribution in [3.63, 3.8) is 0 Å². The molecule has 3 nitrogen and oxygen atoms in total. The minimum Gasteiger partial charge on any atom is -0.494 e. The molecule has 0 amide bonds. The predicted molar refractivity (Wildman–Crippen MR) is 79.7 cm³/mol. The van der Waals surface area contributed by atoms with Crippen LogP contribution in [0, 0.1) is 0 Å². The third kappa shape index (κ3) is 5.62. The molecule has 0 spiro atoms. The molecule has 0 aliphatic heterocycles. The number of methoxy groups -OCH3 is 1. The van der Waals surface area contributed by atoms with Gasteiger partial charge in [-0.15, -0.1) is 0 Å². The summed E-state index contributed by atoms with van der Waals surface area (Å²) in [5, 5.41) is 3.53. The molecular formula is C16H27NO2. The fourth-order valence-electron chi connectivity index (χ4n) is 2.12. The normalized spacial score (nSPS) is 14.1. The average molecular weight is 265 g/mol. The summed E-state index contributed by atoms with van der Waals surface area (Å²) < 4.78 is 10.8. The SMILES string of the molecule is CCNC(CCC(C)OC)c1ccc(OCC)cc1. The van der Waals surface area contributed by atoms with E-state index in [0.29, 0.717) is 18.8 Å². The van der Waals surface area contributed by atoms with Crippen molar-refractivity contribution < 1.29 is 9.47 Å². The summed E-state index contributed by atoms with van der Waals surface area (Å²) in [5.74, 6) is 0.937. The molecule has 0 aromatic heterocycles. The first kappa shape index (κ1) is 16.0. The second-order valence-electron chi connectivity index (χ2n) is 4.74. The van der Waals surface area contributed by atoms with Crippen LogP contribution in [0.4, 0.5) is 0 Å². The van der Waals surface area contributed by atoms with Crippen molar-refractivity contribution in [1.29, 1.82) is 0 Å². The zero-order chi connectivity index (χ0) is 14.1. The van der Waals surface area contributed by atoms with Gasteiger partial charge in [0.2, 0.25) is 0 Å². The second-order valence-corrected chi connectivity index (χ2v) is 4.74. The molecule has 2 atom stereocenters. The van der Waals surface area contributed by atoms with Crippen LogP contribution in [-0.4, -0.2) is 26.4 Å². The van der Waals surface area contributed by atoms with Crippen molar-refractivity contribution in [1.82, 2.24) is 5.32 Å². The molecule has 0 fully saturated rings. The maximum Gasteiger partial charge on any atom is 0.119 e. The minimum atomic E-state index is 0.309. The van der Waals surface area contributed by atoms with Gasteiger partial charge in [-0.1, -0.05) is 19.1 Å². The van der Waals surface area contributed by atoms with Crippen molar-refractivity contribution in [2.45, 2.75) is 45.8 Å². The van der Waals surface area contributed by atoms with Crippen LogP contribution in [0.2, 0.25) is 0 Å². The first-order valence-electron chi connectivity index (χ1n) is 7.20. The largest absolute Gasteiger partial charge is 0.494 e. The molecule has 0 saturated heterocycles. The van der Waals surface area contributed by atoms with Crippen LogP contribution in [0.15, 0.2) is 24.3 Å². The lowest BCUT2D eigenvalue weighted by Crippen LogP contribution is -2.22. The molecule has 19 heavy (non-hydrogen) atoms. The van der Waals surface area contributed by atoms with Gasteiger partial charge in [0.05, 0.1) is 12.7 Å². The molecule has 1 N–H and O–H groups in total. The number of hydrogen-bond acceptors (Lipinski definition) is 3. The van der Waals surface area contributed by atoms with Crippen LogP contribution in [-0.2, 0) is 4.74 Å². The van der Waals surface area contributed by atoms with Gasteiger partial charge in [0.1, 0.15) is 5.75 Å².